The molecule has 6 rings (SSSR count). The average Bonchev–Trinajstić information content (AvgIpc) is 3.41. The molecule has 0 bridgehead atoms. The van der Waals surface area contributed by atoms with Crippen LogP contribution in [0.25, 0.3) is 22.4 Å². The summed E-state index contributed by atoms with van der Waals surface area (Å²) in [5.74, 6) is 0.822. The molecule has 0 amide bonds. The normalized spacial score (nSPS) is 11.5. The Balaban J connectivity index is 1.56. The maximum absolute atomic E-state index is 12.9. The third-order valence-electron chi connectivity index (χ3n) is 7.20. The predicted molar refractivity (Wildman–Crippen MR) is 164 cm³/mol. The maximum Gasteiger partial charge on any atom is 0.573 e. The number of hydrogen-bond donors (Lipinski definition) is 0. The van der Waals surface area contributed by atoms with Gasteiger partial charge in [-0.2, -0.15) is 4.98 Å². The predicted octanol–water partition coefficient (Wildman–Crippen LogP) is 8.54. The molecule has 0 N–H and O–H groups in total. The fourth-order valence-corrected chi connectivity index (χ4v) is 5.17. The summed E-state index contributed by atoms with van der Waals surface area (Å²) in [6, 6.07) is 29.2. The first-order chi connectivity index (χ1) is 21.2. The number of methoxy groups -OCH3 is 1. The summed E-state index contributed by atoms with van der Waals surface area (Å²) in [7, 11) is 1.62. The number of benzene rings is 4. The van der Waals surface area contributed by atoms with Crippen molar-refractivity contribution in [2.24, 2.45) is 0 Å². The fraction of sp³-hybridized carbons (Fsp3) is 0.147. The summed E-state index contributed by atoms with van der Waals surface area (Å²) in [6.07, 6.45) is -3.09. The average molecular weight is 596 g/mol. The molecule has 0 aliphatic rings. The van der Waals surface area contributed by atoms with Gasteiger partial charge in [-0.15, -0.1) is 13.2 Å². The van der Waals surface area contributed by atoms with Crippen molar-refractivity contribution in [2.45, 2.75) is 26.8 Å². The monoisotopic (exact) mass is 595 g/mol. The van der Waals surface area contributed by atoms with Gasteiger partial charge in [0.1, 0.15) is 22.7 Å². The van der Waals surface area contributed by atoms with Gasteiger partial charge in [0.05, 0.1) is 25.7 Å². The van der Waals surface area contributed by atoms with Crippen LogP contribution in [0.1, 0.15) is 16.7 Å². The highest BCUT2D eigenvalue weighted by Gasteiger charge is 2.31. The molecular weight excluding hydrogens is 567 g/mol. The van der Waals surface area contributed by atoms with Crippen molar-refractivity contribution in [1.29, 1.82) is 0 Å². The number of anilines is 3. The molecule has 44 heavy (non-hydrogen) atoms. The molecule has 0 fully saturated rings. The molecule has 0 radical (unpaired) electrons. The van der Waals surface area contributed by atoms with Crippen molar-refractivity contribution in [3.05, 3.63) is 120 Å². The van der Waals surface area contributed by atoms with Crippen LogP contribution >= 0.6 is 0 Å². The number of ether oxygens (including phenoxy) is 2. The molecule has 0 saturated carbocycles. The molecule has 6 aromatic rings. The Kier molecular flexibility index (Phi) is 7.65. The standard InChI is InChI=1S/C34H28F3N5O2/c1-22-8-7-9-23(2)31(22)42(26-10-5-4-6-11-26)33-39-29(25-14-18-28(19-15-25)44-34(35,36)37)30-32(40-33)41(21-38-30)20-24-12-16-27(43-3)17-13-24/h4-19,21H,20H2,1-3H3. The Bertz CT molecular complexity index is 1890. The van der Waals surface area contributed by atoms with E-state index in [0.717, 1.165) is 33.8 Å². The van der Waals surface area contributed by atoms with Crippen LogP contribution in [0.2, 0.25) is 0 Å². The second-order valence-corrected chi connectivity index (χ2v) is 10.2. The van der Waals surface area contributed by atoms with E-state index < -0.39 is 6.36 Å². The number of aryl methyl sites for hydroxylation is 2. The zero-order chi connectivity index (χ0) is 30.8. The molecule has 0 atom stereocenters. The van der Waals surface area contributed by atoms with E-state index in [2.05, 4.69) is 9.72 Å². The zero-order valence-electron chi connectivity index (χ0n) is 24.2. The summed E-state index contributed by atoms with van der Waals surface area (Å²) >= 11 is 0. The summed E-state index contributed by atoms with van der Waals surface area (Å²) in [5, 5.41) is 0. The molecule has 0 saturated heterocycles. The van der Waals surface area contributed by atoms with Crippen molar-refractivity contribution in [3.63, 3.8) is 0 Å². The number of para-hydroxylation sites is 2. The lowest BCUT2D eigenvalue weighted by molar-refractivity contribution is -0.274. The van der Waals surface area contributed by atoms with Crippen LogP contribution in [0.15, 0.2) is 103 Å². The molecule has 222 valence electrons. The number of imidazole rings is 1. The minimum absolute atomic E-state index is 0.321. The van der Waals surface area contributed by atoms with E-state index in [0.29, 0.717) is 34.9 Å². The molecule has 0 aliphatic heterocycles. The van der Waals surface area contributed by atoms with Crippen LogP contribution in [0.5, 0.6) is 11.5 Å². The van der Waals surface area contributed by atoms with E-state index in [-0.39, 0.29) is 5.75 Å². The first kappa shape index (κ1) is 28.7. The van der Waals surface area contributed by atoms with Gasteiger partial charge in [-0.1, -0.05) is 48.5 Å². The minimum atomic E-state index is -4.79. The number of hydrogen-bond acceptors (Lipinski definition) is 6. The highest BCUT2D eigenvalue weighted by Crippen LogP contribution is 2.39. The Morgan fingerprint density at radius 3 is 2.07 bits per heavy atom. The number of aromatic nitrogens is 4. The van der Waals surface area contributed by atoms with Gasteiger partial charge in [0.25, 0.3) is 0 Å². The Hall–Kier alpha value is -5.38. The molecule has 7 nitrogen and oxygen atoms in total. The summed E-state index contributed by atoms with van der Waals surface area (Å²) < 4.78 is 49.9. The molecule has 0 unspecified atom stereocenters. The SMILES string of the molecule is COc1ccc(Cn2cnc3c(-c4ccc(OC(F)(F)F)cc4)nc(N(c4ccccc4)c4c(C)cccc4C)nc32)cc1. The topological polar surface area (TPSA) is 65.3 Å². The number of alkyl halides is 3. The molecule has 2 heterocycles. The van der Waals surface area contributed by atoms with E-state index in [1.54, 1.807) is 25.6 Å². The van der Waals surface area contributed by atoms with Crippen molar-refractivity contribution < 1.29 is 22.6 Å². The van der Waals surface area contributed by atoms with Crippen molar-refractivity contribution in [3.8, 4) is 22.8 Å². The van der Waals surface area contributed by atoms with Gasteiger partial charge in [-0.25, -0.2) is 9.97 Å². The number of rotatable bonds is 8. The largest absolute Gasteiger partial charge is 0.573 e. The summed E-state index contributed by atoms with van der Waals surface area (Å²) in [6.45, 7) is 4.54. The quantitative estimate of drug-likeness (QED) is 0.176. The van der Waals surface area contributed by atoms with E-state index in [4.69, 9.17) is 14.7 Å². The summed E-state index contributed by atoms with van der Waals surface area (Å²) in [4.78, 5) is 16.8. The van der Waals surface area contributed by atoms with Gasteiger partial charge >= 0.3 is 6.36 Å². The molecular formula is C34H28F3N5O2. The molecule has 2 aromatic heterocycles. The molecule has 10 heteroatoms. The maximum atomic E-state index is 12.9. The smallest absolute Gasteiger partial charge is 0.497 e. The second kappa shape index (κ2) is 11.7. The van der Waals surface area contributed by atoms with E-state index >= 15 is 0 Å². The second-order valence-electron chi connectivity index (χ2n) is 10.2. The molecule has 4 aromatic carbocycles. The van der Waals surface area contributed by atoms with E-state index in [1.165, 1.54) is 12.1 Å². The fourth-order valence-electron chi connectivity index (χ4n) is 5.17. The number of fused-ring (bicyclic) bond motifs is 1. The lowest BCUT2D eigenvalue weighted by atomic mass is 10.1. The van der Waals surface area contributed by atoms with Gasteiger partial charge < -0.3 is 14.0 Å². The van der Waals surface area contributed by atoms with Crippen LogP contribution < -0.4 is 14.4 Å². The highest BCUT2D eigenvalue weighted by molar-refractivity contribution is 5.90. The first-order valence-corrected chi connectivity index (χ1v) is 13.8. The Labute approximate surface area is 252 Å². The van der Waals surface area contributed by atoms with Crippen LogP contribution in [-0.2, 0) is 6.54 Å². The Morgan fingerprint density at radius 1 is 0.773 bits per heavy atom. The van der Waals surface area contributed by atoms with Gasteiger partial charge in [0, 0.05) is 11.3 Å². The lowest BCUT2D eigenvalue weighted by Gasteiger charge is -2.27. The van der Waals surface area contributed by atoms with Gasteiger partial charge in [-0.05, 0) is 79.1 Å². The van der Waals surface area contributed by atoms with Crippen LogP contribution in [0, 0.1) is 13.8 Å². The van der Waals surface area contributed by atoms with Crippen LogP contribution in [0.3, 0.4) is 0 Å². The van der Waals surface area contributed by atoms with Crippen LogP contribution in [-0.4, -0.2) is 33.0 Å². The zero-order valence-corrected chi connectivity index (χ0v) is 24.2. The van der Waals surface area contributed by atoms with Gasteiger partial charge in [-0.3, -0.25) is 4.90 Å². The third kappa shape index (κ3) is 5.92. The lowest BCUT2D eigenvalue weighted by Crippen LogP contribution is -2.17. The Morgan fingerprint density at radius 2 is 1.43 bits per heavy atom. The van der Waals surface area contributed by atoms with Crippen molar-refractivity contribution >= 4 is 28.5 Å². The van der Waals surface area contributed by atoms with Gasteiger partial charge in [0.2, 0.25) is 5.95 Å². The van der Waals surface area contributed by atoms with Crippen molar-refractivity contribution in [2.75, 3.05) is 12.0 Å². The van der Waals surface area contributed by atoms with Gasteiger partial charge in [0.15, 0.2) is 5.65 Å². The molecule has 0 aliphatic carbocycles. The third-order valence-corrected chi connectivity index (χ3v) is 7.20. The van der Waals surface area contributed by atoms with E-state index in [9.17, 15) is 13.2 Å². The highest BCUT2D eigenvalue weighted by atomic mass is 19.4. The number of nitrogens with zero attached hydrogens (tertiary/aromatic N) is 5. The van der Waals surface area contributed by atoms with Crippen LogP contribution in [0.4, 0.5) is 30.5 Å². The summed E-state index contributed by atoms with van der Waals surface area (Å²) in [5.41, 5.74) is 6.98. The first-order valence-electron chi connectivity index (χ1n) is 13.8. The minimum Gasteiger partial charge on any atom is -0.497 e. The molecule has 0 spiro atoms. The van der Waals surface area contributed by atoms with Crippen molar-refractivity contribution in [1.82, 2.24) is 19.5 Å². The number of halogens is 3. The van der Waals surface area contributed by atoms with E-state index in [1.807, 2.05) is 96.1 Å².